The quantitative estimate of drug-likeness (QED) is 0.645. The van der Waals surface area contributed by atoms with Gasteiger partial charge in [-0.3, -0.25) is 4.79 Å². The molecule has 0 bridgehead atoms. The highest BCUT2D eigenvalue weighted by atomic mass is 35.5. The molecule has 1 aromatic rings. The van der Waals surface area contributed by atoms with Crippen molar-refractivity contribution < 1.29 is 14.7 Å². The van der Waals surface area contributed by atoms with Gasteiger partial charge in [-0.2, -0.15) is 0 Å². The summed E-state index contributed by atoms with van der Waals surface area (Å²) in [6.07, 6.45) is -1.13. The highest BCUT2D eigenvalue weighted by molar-refractivity contribution is 7.99. The summed E-state index contributed by atoms with van der Waals surface area (Å²) in [5, 5.41) is 8.92. The van der Waals surface area contributed by atoms with Gasteiger partial charge >= 0.3 is 6.09 Å². The number of alkyl halides is 1. The van der Waals surface area contributed by atoms with E-state index < -0.39 is 12.1 Å². The number of benzene rings is 1. The first-order chi connectivity index (χ1) is 8.56. The Bertz CT molecular complexity index is 413. The second-order valence-electron chi connectivity index (χ2n) is 3.63. The lowest BCUT2D eigenvalue weighted by molar-refractivity contribution is -0.120. The smallest absolute Gasteiger partial charge is 0.407 e. The van der Waals surface area contributed by atoms with Gasteiger partial charge in [-0.05, 0) is 12.1 Å². The first-order valence-electron chi connectivity index (χ1n) is 5.28. The number of carbonyl (C=O) groups is 2. The number of thioether (sulfide) groups is 1. The van der Waals surface area contributed by atoms with E-state index in [9.17, 15) is 9.59 Å². The third kappa shape index (κ3) is 4.23. The van der Waals surface area contributed by atoms with Crippen LogP contribution in [0.5, 0.6) is 0 Å². The van der Waals surface area contributed by atoms with E-state index in [2.05, 4.69) is 0 Å². The average molecular weight is 288 g/mol. The van der Waals surface area contributed by atoms with Gasteiger partial charge in [0, 0.05) is 17.7 Å². The Morgan fingerprint density at radius 1 is 1.39 bits per heavy atom. The van der Waals surface area contributed by atoms with Crippen LogP contribution in [0.15, 0.2) is 35.2 Å². The van der Waals surface area contributed by atoms with E-state index in [1.165, 1.54) is 18.8 Å². The summed E-state index contributed by atoms with van der Waals surface area (Å²) < 4.78 is 0. The van der Waals surface area contributed by atoms with Gasteiger partial charge in [0.25, 0.3) is 0 Å². The molecule has 0 heterocycles. The van der Waals surface area contributed by atoms with Crippen molar-refractivity contribution in [3.8, 4) is 0 Å². The predicted octanol–water partition coefficient (Wildman–Crippen LogP) is 2.57. The molecule has 0 aliphatic carbocycles. The van der Waals surface area contributed by atoms with E-state index in [1.807, 2.05) is 30.3 Å². The summed E-state index contributed by atoms with van der Waals surface area (Å²) in [6, 6.07) is 8.78. The van der Waals surface area contributed by atoms with Gasteiger partial charge in [-0.25, -0.2) is 4.79 Å². The van der Waals surface area contributed by atoms with Crippen LogP contribution in [0.25, 0.3) is 0 Å². The van der Waals surface area contributed by atoms with Crippen LogP contribution >= 0.6 is 23.4 Å². The third-order valence-electron chi connectivity index (χ3n) is 2.42. The number of halogens is 1. The SMILES string of the molecule is CN(C(=O)O)[C@H](CSc1ccccc1)C(=O)CCl. The van der Waals surface area contributed by atoms with Crippen molar-refractivity contribution >= 4 is 35.2 Å². The Balaban J connectivity index is 2.68. The summed E-state index contributed by atoms with van der Waals surface area (Å²) >= 11 is 6.93. The van der Waals surface area contributed by atoms with Crippen LogP contribution in [-0.2, 0) is 4.79 Å². The molecular formula is C12H14ClNO3S. The van der Waals surface area contributed by atoms with Crippen LogP contribution in [0, 0.1) is 0 Å². The van der Waals surface area contributed by atoms with E-state index in [1.54, 1.807) is 0 Å². The Morgan fingerprint density at radius 3 is 2.50 bits per heavy atom. The normalized spacial score (nSPS) is 11.9. The molecule has 0 spiro atoms. The lowest BCUT2D eigenvalue weighted by Gasteiger charge is -2.23. The first kappa shape index (κ1) is 14.9. The summed E-state index contributed by atoms with van der Waals surface area (Å²) in [5.74, 6) is -0.110. The number of rotatable bonds is 6. The second kappa shape index (κ2) is 7.28. The Morgan fingerprint density at radius 2 is 2.00 bits per heavy atom. The second-order valence-corrected chi connectivity index (χ2v) is 4.99. The highest BCUT2D eigenvalue weighted by Crippen LogP contribution is 2.20. The zero-order chi connectivity index (χ0) is 13.5. The van der Waals surface area contributed by atoms with Crippen molar-refractivity contribution in [3.63, 3.8) is 0 Å². The maximum atomic E-state index is 11.6. The molecule has 18 heavy (non-hydrogen) atoms. The molecule has 0 saturated heterocycles. The van der Waals surface area contributed by atoms with Crippen molar-refractivity contribution in [2.45, 2.75) is 10.9 Å². The molecule has 1 amide bonds. The zero-order valence-corrected chi connectivity index (χ0v) is 11.4. The Hall–Kier alpha value is -1.20. The summed E-state index contributed by atoms with van der Waals surface area (Å²) in [7, 11) is 1.38. The zero-order valence-electron chi connectivity index (χ0n) is 9.88. The van der Waals surface area contributed by atoms with Gasteiger partial charge in [0.05, 0.1) is 5.88 Å². The minimum absolute atomic E-state index is 0.183. The molecule has 1 rings (SSSR count). The molecule has 0 fully saturated rings. The van der Waals surface area contributed by atoms with Gasteiger partial charge in [-0.1, -0.05) is 18.2 Å². The molecule has 0 unspecified atom stereocenters. The number of amides is 1. The van der Waals surface area contributed by atoms with E-state index in [-0.39, 0.29) is 11.7 Å². The number of likely N-dealkylation sites (N-methyl/N-ethyl adjacent to an activating group) is 1. The molecular weight excluding hydrogens is 274 g/mol. The van der Waals surface area contributed by atoms with Crippen LogP contribution in [0.2, 0.25) is 0 Å². The molecule has 98 valence electrons. The van der Waals surface area contributed by atoms with E-state index in [0.29, 0.717) is 5.75 Å². The molecule has 4 nitrogen and oxygen atoms in total. The highest BCUT2D eigenvalue weighted by Gasteiger charge is 2.25. The minimum atomic E-state index is -1.13. The lowest BCUT2D eigenvalue weighted by Crippen LogP contribution is -2.44. The maximum Gasteiger partial charge on any atom is 0.407 e. The molecule has 6 heteroatoms. The lowest BCUT2D eigenvalue weighted by atomic mass is 10.2. The van der Waals surface area contributed by atoms with Gasteiger partial charge in [0.15, 0.2) is 5.78 Å². The maximum absolute atomic E-state index is 11.6. The van der Waals surface area contributed by atoms with Gasteiger partial charge in [0.1, 0.15) is 6.04 Å². The van der Waals surface area contributed by atoms with E-state index >= 15 is 0 Å². The Labute approximate surface area is 115 Å². The van der Waals surface area contributed by atoms with Gasteiger partial charge in [0.2, 0.25) is 0 Å². The number of hydrogen-bond acceptors (Lipinski definition) is 3. The van der Waals surface area contributed by atoms with Gasteiger partial charge in [-0.15, -0.1) is 23.4 Å². The fourth-order valence-electron chi connectivity index (χ4n) is 1.33. The summed E-state index contributed by atoms with van der Waals surface area (Å²) in [5.41, 5.74) is 0. The molecule has 0 aliphatic rings. The molecule has 1 aromatic carbocycles. The van der Waals surface area contributed by atoms with Crippen LogP contribution in [0.3, 0.4) is 0 Å². The Kier molecular flexibility index (Phi) is 6.01. The average Bonchev–Trinajstić information content (AvgIpc) is 2.39. The van der Waals surface area contributed by atoms with Crippen molar-refractivity contribution in [1.29, 1.82) is 0 Å². The number of carboxylic acid groups (broad SMARTS) is 1. The largest absolute Gasteiger partial charge is 0.465 e. The number of ketones is 1. The predicted molar refractivity (Wildman–Crippen MR) is 72.5 cm³/mol. The van der Waals surface area contributed by atoms with Crippen LogP contribution < -0.4 is 0 Å². The fraction of sp³-hybridized carbons (Fsp3) is 0.333. The molecule has 1 atom stereocenters. The van der Waals surface area contributed by atoms with E-state index in [0.717, 1.165) is 9.80 Å². The van der Waals surface area contributed by atoms with Crippen molar-refractivity contribution in [1.82, 2.24) is 4.90 Å². The molecule has 0 aliphatic heterocycles. The number of carbonyl (C=O) groups excluding carboxylic acids is 1. The summed E-state index contributed by atoms with van der Waals surface area (Å²) in [6.45, 7) is 0. The van der Waals surface area contributed by atoms with Crippen LogP contribution in [0.4, 0.5) is 4.79 Å². The summed E-state index contributed by atoms with van der Waals surface area (Å²) in [4.78, 5) is 24.5. The number of hydrogen-bond donors (Lipinski definition) is 1. The van der Waals surface area contributed by atoms with Gasteiger partial charge < -0.3 is 10.0 Å². The monoisotopic (exact) mass is 287 g/mol. The molecule has 0 saturated carbocycles. The van der Waals surface area contributed by atoms with E-state index in [4.69, 9.17) is 16.7 Å². The number of nitrogens with zero attached hydrogens (tertiary/aromatic N) is 1. The standard InChI is InChI=1S/C12H14ClNO3S/c1-14(12(16)17)10(11(15)7-13)8-18-9-5-3-2-4-6-9/h2-6,10H,7-8H2,1H3,(H,16,17)/t10-/m1/s1. The van der Waals surface area contributed by atoms with Crippen LogP contribution in [0.1, 0.15) is 0 Å². The molecule has 0 radical (unpaired) electrons. The molecule has 1 N–H and O–H groups in total. The minimum Gasteiger partial charge on any atom is -0.465 e. The topological polar surface area (TPSA) is 57.6 Å². The fourth-order valence-corrected chi connectivity index (χ4v) is 2.62. The van der Waals surface area contributed by atoms with Crippen molar-refractivity contribution in [2.75, 3.05) is 18.7 Å². The third-order valence-corrected chi connectivity index (χ3v) is 3.77. The first-order valence-corrected chi connectivity index (χ1v) is 6.80. The molecule has 0 aromatic heterocycles. The van der Waals surface area contributed by atoms with Crippen LogP contribution in [-0.4, -0.2) is 46.6 Å². The van der Waals surface area contributed by atoms with Crippen molar-refractivity contribution in [3.05, 3.63) is 30.3 Å². The van der Waals surface area contributed by atoms with Crippen molar-refractivity contribution in [2.24, 2.45) is 0 Å². The number of Topliss-reactive ketones (excluding diaryl/α,β-unsaturated/α-hetero) is 1.